The first-order chi connectivity index (χ1) is 10.6. The van der Waals surface area contributed by atoms with Crippen LogP contribution in [0.25, 0.3) is 10.8 Å². The third kappa shape index (κ3) is 2.23. The van der Waals surface area contributed by atoms with E-state index in [1.54, 1.807) is 17.8 Å². The van der Waals surface area contributed by atoms with Crippen molar-refractivity contribution in [1.82, 2.24) is 0 Å². The highest BCUT2D eigenvalue weighted by Gasteiger charge is 2.24. The maximum atomic E-state index is 9.53. The predicted molar refractivity (Wildman–Crippen MR) is 95.3 cm³/mol. The van der Waals surface area contributed by atoms with Crippen LogP contribution in [0.3, 0.4) is 0 Å². The molecule has 0 amide bonds. The lowest BCUT2D eigenvalue weighted by Crippen LogP contribution is -2.32. The highest BCUT2D eigenvalue weighted by atomic mass is 79.9. The molecule has 4 rings (SSSR count). The van der Waals surface area contributed by atoms with Crippen molar-refractivity contribution in [2.75, 3.05) is 5.32 Å². The Hall–Kier alpha value is -1.47. The lowest BCUT2D eigenvalue weighted by molar-refractivity contribution is 0.426. The summed E-state index contributed by atoms with van der Waals surface area (Å²) in [6, 6.07) is 15.9. The van der Waals surface area contributed by atoms with Gasteiger partial charge in [-0.25, -0.2) is 0 Å². The third-order valence-corrected chi connectivity index (χ3v) is 5.44. The Morgan fingerprint density at radius 1 is 1.05 bits per heavy atom. The third-order valence-electron chi connectivity index (χ3n) is 3.74. The molecule has 0 spiro atoms. The molecule has 0 atom stereocenters. The number of anilines is 2. The topological polar surface area (TPSA) is 52.5 Å². The van der Waals surface area contributed by atoms with E-state index in [9.17, 15) is 10.0 Å². The summed E-state index contributed by atoms with van der Waals surface area (Å²) in [5, 5.41) is 24.8. The van der Waals surface area contributed by atoms with E-state index in [0.717, 1.165) is 25.6 Å². The van der Waals surface area contributed by atoms with Gasteiger partial charge in [0.25, 0.3) is 0 Å². The lowest BCUT2D eigenvalue weighted by Gasteiger charge is -2.24. The van der Waals surface area contributed by atoms with E-state index in [2.05, 4.69) is 39.4 Å². The number of benzene rings is 3. The molecule has 0 radical (unpaired) electrons. The molecule has 108 valence electrons. The molecule has 0 bridgehead atoms. The first-order valence-corrected chi connectivity index (χ1v) is 8.40. The number of hydrogen-bond acceptors (Lipinski definition) is 4. The summed E-state index contributed by atoms with van der Waals surface area (Å²) in [4.78, 5) is 2.15. The Morgan fingerprint density at radius 3 is 2.73 bits per heavy atom. The second-order valence-corrected chi connectivity index (χ2v) is 7.10. The van der Waals surface area contributed by atoms with Crippen LogP contribution in [0.1, 0.15) is 0 Å². The second-order valence-electron chi connectivity index (χ2n) is 5.13. The van der Waals surface area contributed by atoms with Gasteiger partial charge in [-0.1, -0.05) is 52.0 Å². The maximum absolute atomic E-state index is 9.53. The molecule has 0 fully saturated rings. The van der Waals surface area contributed by atoms with Gasteiger partial charge in [-0.15, -0.1) is 0 Å². The predicted octanol–water partition coefficient (Wildman–Crippen LogP) is 3.49. The fourth-order valence-electron chi connectivity index (χ4n) is 2.71. The molecule has 22 heavy (non-hydrogen) atoms. The molecule has 3 nitrogen and oxygen atoms in total. The van der Waals surface area contributed by atoms with E-state index in [-0.39, 0.29) is 0 Å². The van der Waals surface area contributed by atoms with E-state index in [0.29, 0.717) is 5.46 Å². The van der Waals surface area contributed by atoms with Crippen molar-refractivity contribution < 1.29 is 10.0 Å². The zero-order valence-corrected chi connectivity index (χ0v) is 13.8. The number of rotatable bonds is 1. The maximum Gasteiger partial charge on any atom is 0.490 e. The molecule has 3 aromatic carbocycles. The van der Waals surface area contributed by atoms with Gasteiger partial charge in [0.2, 0.25) is 0 Å². The zero-order valence-electron chi connectivity index (χ0n) is 11.4. The zero-order chi connectivity index (χ0) is 15.3. The van der Waals surface area contributed by atoms with Gasteiger partial charge in [0.1, 0.15) is 0 Å². The van der Waals surface area contributed by atoms with Gasteiger partial charge < -0.3 is 15.4 Å². The van der Waals surface area contributed by atoms with E-state index >= 15 is 0 Å². The van der Waals surface area contributed by atoms with Crippen molar-refractivity contribution >= 4 is 62.4 Å². The normalized spacial score (nSPS) is 12.5. The largest absolute Gasteiger partial charge is 0.490 e. The van der Waals surface area contributed by atoms with Gasteiger partial charge in [0.15, 0.2) is 0 Å². The monoisotopic (exact) mass is 371 g/mol. The fourth-order valence-corrected chi connectivity index (χ4v) is 4.25. The molecule has 0 aliphatic carbocycles. The minimum Gasteiger partial charge on any atom is -0.423 e. The van der Waals surface area contributed by atoms with Crippen LogP contribution in [-0.4, -0.2) is 17.2 Å². The molecular formula is C16H11BBrNO2S. The molecule has 0 unspecified atom stereocenters. The number of nitrogens with one attached hydrogen (secondary N) is 1. The number of hydrogen-bond donors (Lipinski definition) is 3. The minimum absolute atomic E-state index is 0.492. The average Bonchev–Trinajstić information content (AvgIpc) is 2.51. The molecule has 3 aromatic rings. The van der Waals surface area contributed by atoms with Crippen LogP contribution in [-0.2, 0) is 0 Å². The Labute approximate surface area is 140 Å². The van der Waals surface area contributed by atoms with Crippen LogP contribution in [0.2, 0.25) is 0 Å². The molecular weight excluding hydrogens is 361 g/mol. The van der Waals surface area contributed by atoms with Gasteiger partial charge >= 0.3 is 7.12 Å². The number of para-hydroxylation sites is 1. The van der Waals surface area contributed by atoms with Gasteiger partial charge in [-0.2, -0.15) is 0 Å². The highest BCUT2D eigenvalue weighted by Crippen LogP contribution is 2.46. The van der Waals surface area contributed by atoms with Crippen molar-refractivity contribution in [2.24, 2.45) is 0 Å². The minimum atomic E-state index is -1.49. The molecule has 0 saturated heterocycles. The van der Waals surface area contributed by atoms with Gasteiger partial charge in [0, 0.05) is 19.7 Å². The van der Waals surface area contributed by atoms with Crippen LogP contribution < -0.4 is 10.8 Å². The van der Waals surface area contributed by atoms with Gasteiger partial charge in [0.05, 0.1) is 11.4 Å². The van der Waals surface area contributed by atoms with E-state index in [4.69, 9.17) is 0 Å². The second kappa shape index (κ2) is 5.31. The lowest BCUT2D eigenvalue weighted by atomic mass is 9.79. The number of halogens is 1. The quantitative estimate of drug-likeness (QED) is 0.448. The van der Waals surface area contributed by atoms with Crippen molar-refractivity contribution in [3.8, 4) is 0 Å². The fraction of sp³-hybridized carbons (Fsp3) is 0. The molecule has 1 heterocycles. The highest BCUT2D eigenvalue weighted by molar-refractivity contribution is 9.10. The van der Waals surface area contributed by atoms with Crippen molar-refractivity contribution in [1.29, 1.82) is 0 Å². The summed E-state index contributed by atoms with van der Waals surface area (Å²) in [5.74, 6) is 0. The Kier molecular flexibility index (Phi) is 3.42. The van der Waals surface area contributed by atoms with Crippen LogP contribution >= 0.6 is 27.7 Å². The summed E-state index contributed by atoms with van der Waals surface area (Å²) in [6.45, 7) is 0. The first-order valence-electron chi connectivity index (χ1n) is 6.80. The van der Waals surface area contributed by atoms with Crippen LogP contribution in [0.5, 0.6) is 0 Å². The smallest absolute Gasteiger partial charge is 0.423 e. The summed E-state index contributed by atoms with van der Waals surface area (Å²) < 4.78 is 1.06. The van der Waals surface area contributed by atoms with Crippen molar-refractivity contribution in [3.63, 3.8) is 0 Å². The summed E-state index contributed by atoms with van der Waals surface area (Å²) in [5.41, 5.74) is 2.25. The van der Waals surface area contributed by atoms with Crippen LogP contribution in [0, 0.1) is 0 Å². The van der Waals surface area contributed by atoms with Crippen LogP contribution in [0.15, 0.2) is 62.8 Å². The number of fused-ring (bicyclic) bond motifs is 4. The van der Waals surface area contributed by atoms with Crippen molar-refractivity contribution in [3.05, 3.63) is 53.0 Å². The van der Waals surface area contributed by atoms with Gasteiger partial charge in [-0.3, -0.25) is 0 Å². The molecule has 6 heteroatoms. The summed E-state index contributed by atoms with van der Waals surface area (Å²) in [7, 11) is -1.49. The summed E-state index contributed by atoms with van der Waals surface area (Å²) in [6.07, 6.45) is 0. The molecule has 0 aromatic heterocycles. The van der Waals surface area contributed by atoms with Crippen molar-refractivity contribution in [2.45, 2.75) is 9.79 Å². The SMILES string of the molecule is OB(O)c1cccc2c1Nc1ccc3cc(Br)ccc3c1S2. The molecule has 0 saturated carbocycles. The van der Waals surface area contributed by atoms with E-state index in [1.165, 1.54) is 10.8 Å². The molecule has 1 aliphatic heterocycles. The van der Waals surface area contributed by atoms with E-state index in [1.807, 2.05) is 24.3 Å². The first kappa shape index (κ1) is 14.1. The van der Waals surface area contributed by atoms with Crippen LogP contribution in [0.4, 0.5) is 11.4 Å². The Balaban J connectivity index is 1.90. The molecule has 1 aliphatic rings. The Bertz CT molecular complexity index is 901. The van der Waals surface area contributed by atoms with E-state index < -0.39 is 7.12 Å². The Morgan fingerprint density at radius 2 is 1.91 bits per heavy atom. The summed E-state index contributed by atoms with van der Waals surface area (Å²) >= 11 is 5.15. The standard InChI is InChI=1S/C16H11BBrNO2S/c18-10-5-6-11-9(8-10)4-7-13-16(11)22-14-3-1-2-12(17(20)21)15(14)19-13/h1-8,19-21H. The van der Waals surface area contributed by atoms with Gasteiger partial charge in [-0.05, 0) is 35.0 Å². The molecule has 3 N–H and O–H groups in total. The average molecular weight is 372 g/mol.